The molecule has 1 fully saturated rings. The van der Waals surface area contributed by atoms with Crippen molar-refractivity contribution in [3.63, 3.8) is 0 Å². The van der Waals surface area contributed by atoms with Crippen molar-refractivity contribution in [2.45, 2.75) is 33.7 Å². The highest BCUT2D eigenvalue weighted by atomic mass is 16.3. The van der Waals surface area contributed by atoms with Crippen LogP contribution in [0.3, 0.4) is 0 Å². The number of furan rings is 1. The molecule has 1 amide bonds. The molecule has 0 aliphatic carbocycles. The molecule has 1 aliphatic rings. The Morgan fingerprint density at radius 2 is 1.81 bits per heavy atom. The molecule has 27 heavy (non-hydrogen) atoms. The van der Waals surface area contributed by atoms with Gasteiger partial charge in [-0.2, -0.15) is 0 Å². The van der Waals surface area contributed by atoms with E-state index in [1.807, 2.05) is 13.8 Å². The van der Waals surface area contributed by atoms with E-state index in [-0.39, 0.29) is 23.5 Å². The van der Waals surface area contributed by atoms with Gasteiger partial charge in [-0.25, -0.2) is 0 Å². The number of ketones is 2. The maximum Gasteiger partial charge on any atom is 0.289 e. The van der Waals surface area contributed by atoms with Gasteiger partial charge in [0.05, 0.1) is 18.0 Å². The first-order chi connectivity index (χ1) is 12.8. The smallest absolute Gasteiger partial charge is 0.289 e. The van der Waals surface area contributed by atoms with Crippen molar-refractivity contribution >= 4 is 17.5 Å². The number of Topliss-reactive ketones (excluding diaryl/α,β-unsaturated/α-hetero) is 2. The van der Waals surface area contributed by atoms with E-state index < -0.39 is 0 Å². The predicted octanol–water partition coefficient (Wildman–Crippen LogP) is 2.46. The molecule has 3 rings (SSSR count). The van der Waals surface area contributed by atoms with E-state index in [9.17, 15) is 14.4 Å². The molecule has 7 nitrogen and oxygen atoms in total. The van der Waals surface area contributed by atoms with E-state index in [0.717, 1.165) is 5.69 Å². The molecule has 0 aromatic carbocycles. The van der Waals surface area contributed by atoms with E-state index in [0.29, 0.717) is 48.8 Å². The topological polar surface area (TPSA) is 86.6 Å². The second-order valence-corrected chi connectivity index (χ2v) is 7.03. The number of piperazine rings is 1. The minimum Gasteiger partial charge on any atom is -0.459 e. The maximum atomic E-state index is 13.0. The number of hydrogen-bond donors (Lipinski definition) is 1. The van der Waals surface area contributed by atoms with Crippen LogP contribution in [0.1, 0.15) is 56.5 Å². The van der Waals surface area contributed by atoms with Crippen molar-refractivity contribution < 1.29 is 18.8 Å². The molecule has 144 valence electrons. The Morgan fingerprint density at radius 1 is 1.15 bits per heavy atom. The van der Waals surface area contributed by atoms with Crippen molar-refractivity contribution in [2.24, 2.45) is 0 Å². The number of hydrogen-bond acceptors (Lipinski definition) is 5. The Kier molecular flexibility index (Phi) is 5.32. The number of carbonyl (C=O) groups excluding carboxylic acids is 3. The standard InChI is InChI=1S/C20H25N3O4/c1-12-17(15(4)24)13(2)21-18(12)19(25)14(3)22-7-9-23(10-8-22)20(26)16-6-5-11-27-16/h5-6,11,14,21H,7-10H2,1-4H3/t14-/m1/s1. The normalized spacial score (nSPS) is 16.4. The van der Waals surface area contributed by atoms with Gasteiger partial charge in [-0.3, -0.25) is 19.3 Å². The Morgan fingerprint density at radius 3 is 2.33 bits per heavy atom. The third-order valence-corrected chi connectivity index (χ3v) is 5.30. The molecule has 1 atom stereocenters. The molecule has 0 radical (unpaired) electrons. The lowest BCUT2D eigenvalue weighted by Gasteiger charge is -2.37. The first-order valence-electron chi connectivity index (χ1n) is 9.12. The van der Waals surface area contributed by atoms with Gasteiger partial charge >= 0.3 is 0 Å². The lowest BCUT2D eigenvalue weighted by Crippen LogP contribution is -2.53. The number of rotatable bonds is 5. The molecule has 1 saturated heterocycles. The van der Waals surface area contributed by atoms with Crippen LogP contribution in [0.4, 0.5) is 0 Å². The first-order valence-corrected chi connectivity index (χ1v) is 9.12. The highest BCUT2D eigenvalue weighted by Crippen LogP contribution is 2.21. The molecular weight excluding hydrogens is 346 g/mol. The fourth-order valence-electron chi connectivity index (χ4n) is 3.77. The zero-order chi connectivity index (χ0) is 19.7. The zero-order valence-corrected chi connectivity index (χ0v) is 16.2. The summed E-state index contributed by atoms with van der Waals surface area (Å²) < 4.78 is 5.17. The summed E-state index contributed by atoms with van der Waals surface area (Å²) in [6, 6.07) is 3.02. The molecule has 1 N–H and O–H groups in total. The third kappa shape index (κ3) is 3.60. The Hall–Kier alpha value is -2.67. The molecule has 2 aromatic rings. The zero-order valence-electron chi connectivity index (χ0n) is 16.2. The van der Waals surface area contributed by atoms with Crippen LogP contribution in [0.2, 0.25) is 0 Å². The molecule has 2 aromatic heterocycles. The Bertz CT molecular complexity index is 858. The van der Waals surface area contributed by atoms with Gasteiger partial charge in [-0.15, -0.1) is 0 Å². The van der Waals surface area contributed by atoms with Gasteiger partial charge in [-0.1, -0.05) is 0 Å². The number of nitrogens with one attached hydrogen (secondary N) is 1. The molecule has 0 spiro atoms. The van der Waals surface area contributed by atoms with Crippen LogP contribution in [-0.4, -0.2) is 64.5 Å². The molecule has 0 saturated carbocycles. The summed E-state index contributed by atoms with van der Waals surface area (Å²) >= 11 is 0. The van der Waals surface area contributed by atoms with Crippen LogP contribution in [0, 0.1) is 13.8 Å². The van der Waals surface area contributed by atoms with Crippen LogP contribution in [0.15, 0.2) is 22.8 Å². The summed E-state index contributed by atoms with van der Waals surface area (Å²) in [4.78, 5) is 44.0. The number of H-pyrrole nitrogens is 1. The fraction of sp³-hybridized carbons (Fsp3) is 0.450. The summed E-state index contributed by atoms with van der Waals surface area (Å²) in [5, 5.41) is 0. The Labute approximate surface area is 158 Å². The maximum absolute atomic E-state index is 13.0. The first kappa shape index (κ1) is 19.1. The summed E-state index contributed by atoms with van der Waals surface area (Å²) in [7, 11) is 0. The average Bonchev–Trinajstić information content (AvgIpc) is 3.28. The van der Waals surface area contributed by atoms with Gasteiger partial charge in [0.2, 0.25) is 0 Å². The molecule has 7 heteroatoms. The number of aryl methyl sites for hydroxylation is 1. The quantitative estimate of drug-likeness (QED) is 0.816. The van der Waals surface area contributed by atoms with Crippen LogP contribution >= 0.6 is 0 Å². The van der Waals surface area contributed by atoms with E-state index in [4.69, 9.17) is 4.42 Å². The van der Waals surface area contributed by atoms with Gasteiger partial charge in [0.1, 0.15) is 0 Å². The number of aromatic amines is 1. The average molecular weight is 371 g/mol. The number of nitrogens with zero attached hydrogens (tertiary/aromatic N) is 2. The van der Waals surface area contributed by atoms with Crippen molar-refractivity contribution in [2.75, 3.05) is 26.2 Å². The SMILES string of the molecule is CC(=O)c1c(C)[nH]c(C(=O)[C@@H](C)N2CCN(C(=O)c3ccco3)CC2)c1C. The number of aromatic nitrogens is 1. The van der Waals surface area contributed by atoms with Crippen molar-refractivity contribution in [1.29, 1.82) is 0 Å². The van der Waals surface area contributed by atoms with Gasteiger partial charge in [0.25, 0.3) is 5.91 Å². The number of amides is 1. The summed E-state index contributed by atoms with van der Waals surface area (Å²) in [5.74, 6) is 0.134. The molecule has 1 aliphatic heterocycles. The van der Waals surface area contributed by atoms with Gasteiger partial charge in [0.15, 0.2) is 17.3 Å². The van der Waals surface area contributed by atoms with Crippen LogP contribution in [0.25, 0.3) is 0 Å². The van der Waals surface area contributed by atoms with E-state index in [1.165, 1.54) is 13.2 Å². The van der Waals surface area contributed by atoms with Gasteiger partial charge < -0.3 is 14.3 Å². The van der Waals surface area contributed by atoms with E-state index in [2.05, 4.69) is 9.88 Å². The molecule has 3 heterocycles. The lowest BCUT2D eigenvalue weighted by atomic mass is 10.0. The second kappa shape index (κ2) is 7.52. The molecular formula is C20H25N3O4. The minimum absolute atomic E-state index is 0.0334. The van der Waals surface area contributed by atoms with E-state index >= 15 is 0 Å². The lowest BCUT2D eigenvalue weighted by molar-refractivity contribution is 0.0527. The highest BCUT2D eigenvalue weighted by Gasteiger charge is 2.31. The minimum atomic E-state index is -0.331. The van der Waals surface area contributed by atoms with Gasteiger partial charge in [0, 0.05) is 37.4 Å². The molecule has 0 bridgehead atoms. The van der Waals surface area contributed by atoms with Crippen molar-refractivity contribution in [1.82, 2.24) is 14.8 Å². The largest absolute Gasteiger partial charge is 0.459 e. The monoisotopic (exact) mass is 371 g/mol. The fourth-order valence-corrected chi connectivity index (χ4v) is 3.77. The Balaban J connectivity index is 1.66. The van der Waals surface area contributed by atoms with E-state index in [1.54, 1.807) is 24.0 Å². The van der Waals surface area contributed by atoms with Crippen LogP contribution < -0.4 is 0 Å². The van der Waals surface area contributed by atoms with Crippen molar-refractivity contribution in [3.8, 4) is 0 Å². The third-order valence-electron chi connectivity index (χ3n) is 5.30. The second-order valence-electron chi connectivity index (χ2n) is 7.03. The summed E-state index contributed by atoms with van der Waals surface area (Å²) in [6.45, 7) is 9.29. The van der Waals surface area contributed by atoms with Gasteiger partial charge in [-0.05, 0) is 45.4 Å². The molecule has 0 unspecified atom stereocenters. The number of carbonyl (C=O) groups is 3. The van der Waals surface area contributed by atoms with Crippen LogP contribution in [0.5, 0.6) is 0 Å². The van der Waals surface area contributed by atoms with Crippen LogP contribution in [-0.2, 0) is 0 Å². The summed E-state index contributed by atoms with van der Waals surface area (Å²) in [6.07, 6.45) is 1.49. The predicted molar refractivity (Wildman–Crippen MR) is 100 cm³/mol. The summed E-state index contributed by atoms with van der Waals surface area (Å²) in [5.41, 5.74) is 2.53. The van der Waals surface area contributed by atoms with Crippen molar-refractivity contribution in [3.05, 3.63) is 46.7 Å². The highest BCUT2D eigenvalue weighted by molar-refractivity contribution is 6.05.